The minimum Gasteiger partial charge on any atom is -0.352 e. The van der Waals surface area contributed by atoms with Gasteiger partial charge in [0.15, 0.2) is 0 Å². The van der Waals surface area contributed by atoms with Gasteiger partial charge in [-0.2, -0.15) is 0 Å². The zero-order chi connectivity index (χ0) is 11.3. The van der Waals surface area contributed by atoms with E-state index in [-0.39, 0.29) is 11.9 Å². The maximum absolute atomic E-state index is 11.9. The van der Waals surface area contributed by atoms with E-state index >= 15 is 0 Å². The van der Waals surface area contributed by atoms with Crippen LogP contribution in [0.4, 0.5) is 0 Å². The molecule has 0 aromatic carbocycles. The third kappa shape index (κ3) is 3.49. The van der Waals surface area contributed by atoms with Crippen molar-refractivity contribution in [3.63, 3.8) is 0 Å². The summed E-state index contributed by atoms with van der Waals surface area (Å²) in [7, 11) is 2.04. The molecule has 2 atom stereocenters. The average molecular weight is 212 g/mol. The number of rotatable bonds is 5. The molecule has 0 aliphatic carbocycles. The van der Waals surface area contributed by atoms with Gasteiger partial charge in [0, 0.05) is 6.04 Å². The van der Waals surface area contributed by atoms with Gasteiger partial charge in [0.2, 0.25) is 5.91 Å². The summed E-state index contributed by atoms with van der Waals surface area (Å²) in [5.74, 6) is 0.232. The Bertz CT molecular complexity index is 206. The third-order valence-corrected chi connectivity index (χ3v) is 3.30. The maximum Gasteiger partial charge on any atom is 0.237 e. The van der Waals surface area contributed by atoms with Crippen LogP contribution in [0.5, 0.6) is 0 Å². The van der Waals surface area contributed by atoms with Gasteiger partial charge in [-0.1, -0.05) is 20.3 Å². The summed E-state index contributed by atoms with van der Waals surface area (Å²) < 4.78 is 0. The lowest BCUT2D eigenvalue weighted by atomic mass is 10.1. The summed E-state index contributed by atoms with van der Waals surface area (Å²) in [6.45, 7) is 5.36. The van der Waals surface area contributed by atoms with E-state index in [0.29, 0.717) is 6.04 Å². The molecule has 1 aliphatic heterocycles. The number of hydrogen-bond acceptors (Lipinski definition) is 2. The Morgan fingerprint density at radius 1 is 1.53 bits per heavy atom. The molecule has 1 saturated heterocycles. The number of carbonyl (C=O) groups excluding carboxylic acids is 1. The van der Waals surface area contributed by atoms with Crippen LogP contribution >= 0.6 is 0 Å². The highest BCUT2D eigenvalue weighted by Crippen LogP contribution is 2.15. The molecule has 15 heavy (non-hydrogen) atoms. The minimum atomic E-state index is 0.121. The number of carbonyl (C=O) groups is 1. The number of nitrogens with zero attached hydrogens (tertiary/aromatic N) is 1. The summed E-state index contributed by atoms with van der Waals surface area (Å²) in [6, 6.07) is 0.493. The first kappa shape index (κ1) is 12.5. The molecule has 0 radical (unpaired) electrons. The third-order valence-electron chi connectivity index (χ3n) is 3.30. The van der Waals surface area contributed by atoms with Crippen molar-refractivity contribution >= 4 is 5.91 Å². The van der Waals surface area contributed by atoms with Gasteiger partial charge in [-0.05, 0) is 39.3 Å². The van der Waals surface area contributed by atoms with Crippen molar-refractivity contribution in [1.82, 2.24) is 10.2 Å². The molecule has 1 N–H and O–H groups in total. The normalized spacial score (nSPS) is 24.1. The first-order chi connectivity index (χ1) is 7.19. The second-order valence-electron chi connectivity index (χ2n) is 4.54. The quantitative estimate of drug-likeness (QED) is 0.753. The molecule has 3 nitrogen and oxygen atoms in total. The van der Waals surface area contributed by atoms with Crippen molar-refractivity contribution in [2.75, 3.05) is 13.6 Å². The smallest absolute Gasteiger partial charge is 0.237 e. The Hall–Kier alpha value is -0.570. The van der Waals surface area contributed by atoms with Gasteiger partial charge >= 0.3 is 0 Å². The van der Waals surface area contributed by atoms with Crippen LogP contribution in [0.3, 0.4) is 0 Å². The molecule has 1 heterocycles. The van der Waals surface area contributed by atoms with Crippen molar-refractivity contribution in [3.05, 3.63) is 0 Å². The van der Waals surface area contributed by atoms with Gasteiger partial charge in [-0.15, -0.1) is 0 Å². The molecule has 1 aliphatic rings. The molecule has 0 unspecified atom stereocenters. The molecule has 0 aromatic rings. The summed E-state index contributed by atoms with van der Waals surface area (Å²) in [6.07, 6.45) is 5.44. The minimum absolute atomic E-state index is 0.121. The van der Waals surface area contributed by atoms with Crippen LogP contribution in [-0.4, -0.2) is 36.5 Å². The van der Waals surface area contributed by atoms with E-state index < -0.39 is 0 Å². The lowest BCUT2D eigenvalue weighted by Gasteiger charge is -2.22. The van der Waals surface area contributed by atoms with Crippen LogP contribution in [0, 0.1) is 0 Å². The molecule has 0 bridgehead atoms. The zero-order valence-electron chi connectivity index (χ0n) is 10.3. The molecule has 1 rings (SSSR count). The van der Waals surface area contributed by atoms with E-state index in [1.807, 2.05) is 7.05 Å². The van der Waals surface area contributed by atoms with Gasteiger partial charge in [-0.3, -0.25) is 9.69 Å². The van der Waals surface area contributed by atoms with Crippen molar-refractivity contribution in [3.8, 4) is 0 Å². The fraction of sp³-hybridized carbons (Fsp3) is 0.917. The topological polar surface area (TPSA) is 32.3 Å². The van der Waals surface area contributed by atoms with E-state index in [1.165, 1.54) is 0 Å². The molecule has 88 valence electrons. The SMILES string of the molecule is CCC[C@@H](CC)NC(=O)[C@@H]1CCCN1C. The fourth-order valence-corrected chi connectivity index (χ4v) is 2.27. The molecule has 0 aromatic heterocycles. The van der Waals surface area contributed by atoms with Crippen molar-refractivity contribution in [2.24, 2.45) is 0 Å². The lowest BCUT2D eigenvalue weighted by molar-refractivity contribution is -0.125. The molecule has 3 heteroatoms. The first-order valence-electron chi connectivity index (χ1n) is 6.19. The van der Waals surface area contributed by atoms with Crippen LogP contribution in [0.15, 0.2) is 0 Å². The first-order valence-corrected chi connectivity index (χ1v) is 6.19. The Morgan fingerprint density at radius 3 is 2.73 bits per heavy atom. The van der Waals surface area contributed by atoms with E-state index in [4.69, 9.17) is 0 Å². The number of amides is 1. The summed E-state index contributed by atoms with van der Waals surface area (Å²) >= 11 is 0. The highest BCUT2D eigenvalue weighted by Gasteiger charge is 2.28. The average Bonchev–Trinajstić information content (AvgIpc) is 2.63. The molecule has 1 fully saturated rings. The number of hydrogen-bond donors (Lipinski definition) is 1. The Kier molecular flexibility index (Phi) is 5.09. The Morgan fingerprint density at radius 2 is 2.27 bits per heavy atom. The van der Waals surface area contributed by atoms with Gasteiger partial charge in [0.25, 0.3) is 0 Å². The van der Waals surface area contributed by atoms with Crippen molar-refractivity contribution < 1.29 is 4.79 Å². The molecular weight excluding hydrogens is 188 g/mol. The summed E-state index contributed by atoms with van der Waals surface area (Å²) in [4.78, 5) is 14.1. The highest BCUT2D eigenvalue weighted by molar-refractivity contribution is 5.82. The van der Waals surface area contributed by atoms with E-state index in [2.05, 4.69) is 24.1 Å². The van der Waals surface area contributed by atoms with Crippen LogP contribution in [0.1, 0.15) is 46.0 Å². The number of likely N-dealkylation sites (N-methyl/N-ethyl adjacent to an activating group) is 1. The summed E-state index contributed by atoms with van der Waals surface area (Å²) in [5.41, 5.74) is 0. The van der Waals surface area contributed by atoms with Crippen LogP contribution in [-0.2, 0) is 4.79 Å². The molecule has 1 amide bonds. The van der Waals surface area contributed by atoms with Gasteiger partial charge < -0.3 is 5.32 Å². The van der Waals surface area contributed by atoms with E-state index in [1.54, 1.807) is 0 Å². The van der Waals surface area contributed by atoms with Gasteiger partial charge in [-0.25, -0.2) is 0 Å². The van der Waals surface area contributed by atoms with Crippen molar-refractivity contribution in [2.45, 2.75) is 58.0 Å². The van der Waals surface area contributed by atoms with Gasteiger partial charge in [0.1, 0.15) is 0 Å². The van der Waals surface area contributed by atoms with E-state index in [9.17, 15) is 4.79 Å². The van der Waals surface area contributed by atoms with Crippen LogP contribution < -0.4 is 5.32 Å². The Balaban J connectivity index is 2.39. The Labute approximate surface area is 93.2 Å². The van der Waals surface area contributed by atoms with Gasteiger partial charge in [0.05, 0.1) is 6.04 Å². The molecular formula is C12H24N2O. The standard InChI is InChI=1S/C12H24N2O/c1-4-7-10(5-2)13-12(15)11-8-6-9-14(11)3/h10-11H,4-9H2,1-3H3,(H,13,15)/t10-,11+/m1/s1. The number of nitrogens with one attached hydrogen (secondary N) is 1. The predicted octanol–water partition coefficient (Wildman–Crippen LogP) is 1.78. The van der Waals surface area contributed by atoms with Crippen molar-refractivity contribution in [1.29, 1.82) is 0 Å². The van der Waals surface area contributed by atoms with E-state index in [0.717, 1.165) is 38.6 Å². The van der Waals surface area contributed by atoms with Crippen LogP contribution in [0.2, 0.25) is 0 Å². The second kappa shape index (κ2) is 6.11. The second-order valence-corrected chi connectivity index (χ2v) is 4.54. The molecule has 0 spiro atoms. The molecule has 0 saturated carbocycles. The lowest BCUT2D eigenvalue weighted by Crippen LogP contribution is -2.45. The largest absolute Gasteiger partial charge is 0.352 e. The monoisotopic (exact) mass is 212 g/mol. The zero-order valence-corrected chi connectivity index (χ0v) is 10.3. The van der Waals surface area contributed by atoms with Crippen LogP contribution in [0.25, 0.3) is 0 Å². The predicted molar refractivity (Wildman–Crippen MR) is 62.8 cm³/mol. The maximum atomic E-state index is 11.9. The fourth-order valence-electron chi connectivity index (χ4n) is 2.27. The summed E-state index contributed by atoms with van der Waals surface area (Å²) in [5, 5.41) is 3.16. The highest BCUT2D eigenvalue weighted by atomic mass is 16.2. The number of likely N-dealkylation sites (tertiary alicyclic amines) is 1.